The van der Waals surface area contributed by atoms with Crippen molar-refractivity contribution in [3.8, 4) is 22.4 Å². The summed E-state index contributed by atoms with van der Waals surface area (Å²) in [5.74, 6) is 0. The minimum atomic E-state index is -1.77. The van der Waals surface area contributed by atoms with Crippen LogP contribution in [0.25, 0.3) is 33.5 Å². The molecule has 0 saturated heterocycles. The van der Waals surface area contributed by atoms with E-state index < -0.39 is 7.26 Å². The van der Waals surface area contributed by atoms with Crippen molar-refractivity contribution < 1.29 is 4.32 Å². The fourth-order valence-electron chi connectivity index (χ4n) is 9.23. The van der Waals surface area contributed by atoms with Gasteiger partial charge in [0, 0.05) is 31.7 Å². The van der Waals surface area contributed by atoms with Crippen LogP contribution in [0, 0.1) is 20.8 Å². The van der Waals surface area contributed by atoms with Crippen LogP contribution in [-0.4, -0.2) is 17.4 Å². The van der Waals surface area contributed by atoms with Gasteiger partial charge in [-0.1, -0.05) is 198 Å². The highest BCUT2D eigenvalue weighted by Crippen LogP contribution is 2.48. The second kappa shape index (κ2) is 17.2. The van der Waals surface area contributed by atoms with Gasteiger partial charge in [-0.3, -0.25) is 9.22 Å². The maximum atomic E-state index is 18.7. The molecule has 0 saturated carbocycles. The van der Waals surface area contributed by atoms with Crippen molar-refractivity contribution in [3.63, 3.8) is 0 Å². The molecular weight excluding hydrogens is 893 g/mol. The molecule has 2 heterocycles. The Morgan fingerprint density at radius 1 is 0.484 bits per heavy atom. The predicted molar refractivity (Wildman–Crippen MR) is 285 cm³/mol. The molecule has 0 amide bonds. The summed E-state index contributed by atoms with van der Waals surface area (Å²) in [6.45, 7) is 35.7. The van der Waals surface area contributed by atoms with Gasteiger partial charge in [0.25, 0.3) is 0 Å². The van der Waals surface area contributed by atoms with Gasteiger partial charge >= 0.3 is 7.26 Å². The first-order valence-corrected chi connectivity index (χ1v) is 23.9. The van der Waals surface area contributed by atoms with Crippen molar-refractivity contribution in [2.45, 2.75) is 132 Å². The van der Waals surface area contributed by atoms with E-state index in [2.05, 4.69) is 249 Å². The van der Waals surface area contributed by atoms with Gasteiger partial charge in [0.05, 0.1) is 5.71 Å². The number of benzene rings is 5. The Morgan fingerprint density at radius 3 is 1.27 bits per heavy atom. The zero-order valence-electron chi connectivity index (χ0n) is 41.2. The third-order valence-corrected chi connectivity index (χ3v) is 14.0. The molecule has 0 fully saturated rings. The Labute approximate surface area is 398 Å². The molecule has 330 valence electrons. The van der Waals surface area contributed by atoms with Gasteiger partial charge in [-0.2, -0.15) is 0 Å². The third-order valence-electron chi connectivity index (χ3n) is 13.0. The van der Waals surface area contributed by atoms with Crippen molar-refractivity contribution in [1.29, 1.82) is 0 Å². The molecule has 64 heavy (non-hydrogen) atoms. The molecule has 1 aliphatic rings. The standard InChI is InChI=1S/C59H67BFIN2/c1-36-33-37(2)50(38(3)34-36)52-39(4)51(42-21-29-46(30-22-42)58(11,12)13)53(62)54(43-23-31-47(32-24-43)59(14,15)16)63-60(61)64-49(41-19-27-45(28-20-41)57(8,9)10)35-48(55(52)64)40-17-25-44(26-18-40)56(5,6)7/h17-35H,1-16H3/b52-39+,53-51-,63-54+. The number of halogens is 2. The molecule has 6 aromatic rings. The Bertz CT molecular complexity index is 2780. The van der Waals surface area contributed by atoms with Crippen LogP contribution in [0.2, 0.25) is 0 Å². The summed E-state index contributed by atoms with van der Waals surface area (Å²) in [4.78, 5) is 5.25. The first-order valence-electron chi connectivity index (χ1n) is 22.9. The maximum absolute atomic E-state index is 18.7. The highest BCUT2D eigenvalue weighted by atomic mass is 127. The van der Waals surface area contributed by atoms with Gasteiger partial charge in [0.2, 0.25) is 0 Å². The molecule has 1 aliphatic heterocycles. The average Bonchev–Trinajstić information content (AvgIpc) is 3.61. The summed E-state index contributed by atoms with van der Waals surface area (Å²) in [6.07, 6.45) is 0. The Kier molecular flexibility index (Phi) is 12.7. The van der Waals surface area contributed by atoms with Crippen LogP contribution >= 0.6 is 22.6 Å². The number of aromatic nitrogens is 1. The zero-order valence-corrected chi connectivity index (χ0v) is 43.4. The topological polar surface area (TPSA) is 17.3 Å². The number of fused-ring (bicyclic) bond motifs is 1. The predicted octanol–water partition coefficient (Wildman–Crippen LogP) is 16.9. The fourth-order valence-corrected chi connectivity index (χ4v) is 10.4. The van der Waals surface area contributed by atoms with E-state index >= 15 is 4.32 Å². The van der Waals surface area contributed by atoms with E-state index in [1.807, 2.05) is 4.48 Å². The van der Waals surface area contributed by atoms with E-state index in [1.54, 1.807) is 0 Å². The molecule has 5 heteroatoms. The summed E-state index contributed by atoms with van der Waals surface area (Å²) >= 11 is 2.47. The summed E-state index contributed by atoms with van der Waals surface area (Å²) < 4.78 is 21.5. The fraction of sp³-hybridized carbons (Fsp3) is 0.339. The van der Waals surface area contributed by atoms with Gasteiger partial charge in [0.1, 0.15) is 0 Å². The van der Waals surface area contributed by atoms with E-state index in [0.717, 1.165) is 76.2 Å². The van der Waals surface area contributed by atoms with Gasteiger partial charge < -0.3 is 4.48 Å². The Hall–Kier alpha value is -4.75. The molecule has 0 bridgehead atoms. The third kappa shape index (κ3) is 9.34. The monoisotopic (exact) mass is 960 g/mol. The first-order chi connectivity index (χ1) is 29.8. The molecule has 0 unspecified atom stereocenters. The minimum absolute atomic E-state index is 0.0206. The molecule has 7 rings (SSSR count). The van der Waals surface area contributed by atoms with Crippen molar-refractivity contribution >= 4 is 46.7 Å². The lowest BCUT2D eigenvalue weighted by atomic mass is 9.81. The number of rotatable bonds is 5. The molecule has 0 spiro atoms. The van der Waals surface area contributed by atoms with Gasteiger partial charge in [-0.05, 0) is 145 Å². The highest BCUT2D eigenvalue weighted by Gasteiger charge is 2.36. The zero-order chi connectivity index (χ0) is 46.8. The lowest BCUT2D eigenvalue weighted by molar-refractivity contribution is 0.590. The summed E-state index contributed by atoms with van der Waals surface area (Å²) in [6, 6.07) is 42.0. The smallest absolute Gasteiger partial charge is 0.333 e. The van der Waals surface area contributed by atoms with E-state index in [9.17, 15) is 0 Å². The van der Waals surface area contributed by atoms with Crippen LogP contribution in [0.1, 0.15) is 151 Å². The normalized spacial score (nSPS) is 17.4. The minimum Gasteiger partial charge on any atom is -0.333 e. The number of hydrogen-bond donors (Lipinski definition) is 0. The molecule has 1 aromatic heterocycles. The molecule has 0 atom stereocenters. The molecular formula is C59H67BFIN2. The van der Waals surface area contributed by atoms with Crippen LogP contribution in [-0.2, 0) is 21.7 Å². The summed E-state index contributed by atoms with van der Waals surface area (Å²) in [5, 5.41) is 0. The van der Waals surface area contributed by atoms with Crippen molar-refractivity contribution in [1.82, 2.24) is 4.48 Å². The van der Waals surface area contributed by atoms with Crippen LogP contribution in [0.5, 0.6) is 0 Å². The van der Waals surface area contributed by atoms with Crippen LogP contribution in [0.3, 0.4) is 0 Å². The SMILES string of the molecule is CC1=C(/c2c(C)cc(C)cc2C)c2c(-c3ccc(C(C)(C)C)cc3)cc(-c3ccc(C(C)(C)C)cc3)n2B(F)/N=C(c2ccc(C(C)(C)C)cc2)/C(I)=C\1c1ccc(C(C)(C)C)cc1. The average molecular weight is 961 g/mol. The Morgan fingerprint density at radius 2 is 0.859 bits per heavy atom. The summed E-state index contributed by atoms with van der Waals surface area (Å²) in [7, 11) is -1.77. The summed E-state index contributed by atoms with van der Waals surface area (Å²) in [5.41, 5.74) is 19.7. The van der Waals surface area contributed by atoms with Crippen molar-refractivity contribution in [2.24, 2.45) is 4.90 Å². The molecule has 0 N–H and O–H groups in total. The number of hydrogen-bond acceptors (Lipinski definition) is 1. The van der Waals surface area contributed by atoms with E-state index in [0.29, 0.717) is 5.71 Å². The van der Waals surface area contributed by atoms with Crippen molar-refractivity contribution in [2.75, 3.05) is 0 Å². The van der Waals surface area contributed by atoms with E-state index in [4.69, 9.17) is 4.90 Å². The molecule has 0 aliphatic carbocycles. The van der Waals surface area contributed by atoms with Gasteiger partial charge in [-0.25, -0.2) is 0 Å². The molecule has 2 nitrogen and oxygen atoms in total. The van der Waals surface area contributed by atoms with E-state index in [-0.39, 0.29) is 21.7 Å². The van der Waals surface area contributed by atoms with Crippen LogP contribution in [0.15, 0.2) is 129 Å². The van der Waals surface area contributed by atoms with Gasteiger partial charge in [0.15, 0.2) is 0 Å². The van der Waals surface area contributed by atoms with Crippen molar-refractivity contribution in [3.05, 3.63) is 186 Å². The van der Waals surface area contributed by atoms with E-state index in [1.165, 1.54) is 27.8 Å². The number of aryl methyl sites for hydroxylation is 3. The van der Waals surface area contributed by atoms with Gasteiger partial charge in [-0.15, -0.1) is 0 Å². The second-order valence-corrected chi connectivity index (χ2v) is 23.3. The maximum Gasteiger partial charge on any atom is 0.611 e. The lowest BCUT2D eigenvalue weighted by Crippen LogP contribution is -2.23. The first kappa shape index (κ1) is 47.2. The number of allylic oxidation sites excluding steroid dienone is 3. The second-order valence-electron chi connectivity index (χ2n) is 22.2. The number of nitrogens with zero attached hydrogens (tertiary/aromatic N) is 2. The van der Waals surface area contributed by atoms with Crippen LogP contribution < -0.4 is 0 Å². The molecule has 0 radical (unpaired) electrons. The largest absolute Gasteiger partial charge is 0.611 e. The molecule has 5 aromatic carbocycles. The quantitative estimate of drug-likeness (QED) is 0.121. The van der Waals surface area contributed by atoms with Crippen LogP contribution in [0.4, 0.5) is 4.32 Å². The lowest BCUT2D eigenvalue weighted by Gasteiger charge is -2.25. The highest BCUT2D eigenvalue weighted by molar-refractivity contribution is 14.1. The Balaban J connectivity index is 1.69.